The van der Waals surface area contributed by atoms with Crippen LogP contribution in [0.4, 0.5) is 0 Å². The third-order valence-electron chi connectivity index (χ3n) is 4.84. The Kier molecular flexibility index (Phi) is 3.83. The molecule has 134 valence electrons. The van der Waals surface area contributed by atoms with Gasteiger partial charge in [-0.05, 0) is 29.0 Å². The number of rotatable bonds is 4. The average molecular weight is 358 g/mol. The largest absolute Gasteiger partial charge is 0.468 e. The lowest BCUT2D eigenvalue weighted by molar-refractivity contribution is 0.0512. The van der Waals surface area contributed by atoms with Crippen LogP contribution in [0.1, 0.15) is 16.8 Å². The number of amidine groups is 1. The van der Waals surface area contributed by atoms with Gasteiger partial charge in [0.1, 0.15) is 17.9 Å². The van der Waals surface area contributed by atoms with E-state index in [0.717, 1.165) is 58.0 Å². The highest BCUT2D eigenvalue weighted by Gasteiger charge is 2.30. The highest BCUT2D eigenvalue weighted by atomic mass is 16.7. The number of hydrogen-bond acceptors (Lipinski definition) is 6. The van der Waals surface area contributed by atoms with Gasteiger partial charge < -0.3 is 14.4 Å². The van der Waals surface area contributed by atoms with E-state index in [1.54, 1.807) is 13.4 Å². The minimum absolute atomic E-state index is 0.212. The van der Waals surface area contributed by atoms with Gasteiger partial charge >= 0.3 is 0 Å². The number of nitrogens with zero attached hydrogens (tertiary/aromatic N) is 4. The van der Waals surface area contributed by atoms with E-state index < -0.39 is 0 Å². The molecule has 0 N–H and O–H groups in total. The van der Waals surface area contributed by atoms with Gasteiger partial charge in [-0.15, -0.1) is 0 Å². The fourth-order valence-corrected chi connectivity index (χ4v) is 3.67. The second-order valence-electron chi connectivity index (χ2n) is 6.45. The first-order valence-corrected chi connectivity index (χ1v) is 8.84. The molecule has 0 fully saturated rings. The molecule has 0 spiro atoms. The summed E-state index contributed by atoms with van der Waals surface area (Å²) in [4.78, 5) is 15.6. The van der Waals surface area contributed by atoms with Crippen molar-refractivity contribution in [1.82, 2.24) is 14.9 Å². The Labute approximate surface area is 156 Å². The molecule has 2 aromatic carbocycles. The van der Waals surface area contributed by atoms with Crippen molar-refractivity contribution in [2.24, 2.45) is 4.99 Å². The molecule has 3 aromatic rings. The van der Waals surface area contributed by atoms with Crippen LogP contribution < -0.4 is 4.74 Å². The fraction of sp³-hybridized carbons (Fsp3) is 0.190. The number of benzene rings is 2. The minimum Gasteiger partial charge on any atom is -0.468 e. The maximum Gasteiger partial charge on any atom is 0.188 e. The zero-order valence-electron chi connectivity index (χ0n) is 14.9. The maximum absolute atomic E-state index is 5.75. The topological polar surface area (TPSA) is 59.8 Å². The van der Waals surface area contributed by atoms with Crippen molar-refractivity contribution in [1.29, 1.82) is 0 Å². The minimum atomic E-state index is 0.212. The lowest BCUT2D eigenvalue weighted by atomic mass is 9.97. The van der Waals surface area contributed by atoms with Crippen LogP contribution in [0.5, 0.6) is 5.75 Å². The summed E-state index contributed by atoms with van der Waals surface area (Å²) in [5.41, 5.74) is 4.05. The summed E-state index contributed by atoms with van der Waals surface area (Å²) >= 11 is 0. The van der Waals surface area contributed by atoms with E-state index in [1.807, 2.05) is 18.3 Å². The number of ether oxygens (including phenoxy) is 2. The van der Waals surface area contributed by atoms with E-state index >= 15 is 0 Å². The summed E-state index contributed by atoms with van der Waals surface area (Å²) in [6.07, 6.45) is 5.53. The molecule has 6 nitrogen and oxygen atoms in total. The zero-order valence-corrected chi connectivity index (χ0v) is 14.9. The van der Waals surface area contributed by atoms with Gasteiger partial charge in [0.15, 0.2) is 6.79 Å². The van der Waals surface area contributed by atoms with E-state index in [4.69, 9.17) is 14.5 Å². The maximum atomic E-state index is 5.75. The molecule has 0 atom stereocenters. The Balaban J connectivity index is 1.73. The summed E-state index contributed by atoms with van der Waals surface area (Å²) in [5.74, 6) is 1.72. The number of aliphatic imine (C=N–C) groups is 1. The Morgan fingerprint density at radius 2 is 2.07 bits per heavy atom. The Morgan fingerprint density at radius 3 is 3.00 bits per heavy atom. The monoisotopic (exact) mass is 358 g/mol. The van der Waals surface area contributed by atoms with Gasteiger partial charge in [0.05, 0.1) is 23.5 Å². The summed E-state index contributed by atoms with van der Waals surface area (Å²) in [7, 11) is 1.62. The smallest absolute Gasteiger partial charge is 0.188 e. The first-order valence-electron chi connectivity index (χ1n) is 8.84. The van der Waals surface area contributed by atoms with E-state index in [1.165, 1.54) is 0 Å². The molecule has 3 heterocycles. The first-order chi connectivity index (χ1) is 13.3. The molecular formula is C21H18N4O2. The molecule has 27 heavy (non-hydrogen) atoms. The van der Waals surface area contributed by atoms with Gasteiger partial charge in [-0.25, -0.2) is 9.97 Å². The normalized spacial score (nSPS) is 15.2. The van der Waals surface area contributed by atoms with Crippen LogP contribution in [0.2, 0.25) is 0 Å². The highest BCUT2D eigenvalue weighted by Crippen LogP contribution is 2.37. The molecule has 0 amide bonds. The molecule has 5 rings (SSSR count). The lowest BCUT2D eigenvalue weighted by Crippen LogP contribution is -2.30. The number of aromatic nitrogens is 2. The van der Waals surface area contributed by atoms with Crippen molar-refractivity contribution in [3.63, 3.8) is 0 Å². The van der Waals surface area contributed by atoms with Gasteiger partial charge in [-0.2, -0.15) is 0 Å². The van der Waals surface area contributed by atoms with Gasteiger partial charge in [0.25, 0.3) is 0 Å². The third kappa shape index (κ3) is 2.65. The van der Waals surface area contributed by atoms with Gasteiger partial charge in [0, 0.05) is 25.4 Å². The van der Waals surface area contributed by atoms with E-state index in [-0.39, 0.29) is 6.79 Å². The molecule has 2 aliphatic rings. The number of hydrogen-bond donors (Lipinski definition) is 0. The van der Waals surface area contributed by atoms with E-state index in [0.29, 0.717) is 0 Å². The fourth-order valence-electron chi connectivity index (χ4n) is 3.67. The van der Waals surface area contributed by atoms with Gasteiger partial charge in [-0.1, -0.05) is 24.3 Å². The van der Waals surface area contributed by atoms with E-state index in [9.17, 15) is 0 Å². The molecule has 0 saturated carbocycles. The Morgan fingerprint density at radius 1 is 1.15 bits per heavy atom. The standard InChI is InChI=1S/C21H18N4O2/c1-26-13-27-15-8-14-4-2-3-5-16(14)17(9-15)20-10-19-18(11-22-12-24-19)21-23-6-7-25(20)21/h2-5,8-12H,6-7,13H2,1H3. The molecular weight excluding hydrogens is 340 g/mol. The van der Waals surface area contributed by atoms with Gasteiger partial charge in [-0.3, -0.25) is 4.99 Å². The predicted molar refractivity (Wildman–Crippen MR) is 104 cm³/mol. The third-order valence-corrected chi connectivity index (χ3v) is 4.84. The van der Waals surface area contributed by atoms with Crippen LogP contribution in [0.15, 0.2) is 53.9 Å². The quantitative estimate of drug-likeness (QED) is 0.671. The second kappa shape index (κ2) is 6.48. The van der Waals surface area contributed by atoms with Crippen molar-refractivity contribution >= 4 is 28.4 Å². The van der Waals surface area contributed by atoms with Crippen molar-refractivity contribution in [3.8, 4) is 5.75 Å². The van der Waals surface area contributed by atoms with Crippen LogP contribution in [0.25, 0.3) is 22.5 Å². The van der Waals surface area contributed by atoms with Crippen LogP contribution in [-0.2, 0) is 4.74 Å². The van der Waals surface area contributed by atoms with Crippen molar-refractivity contribution in [3.05, 3.63) is 65.7 Å². The summed E-state index contributed by atoms with van der Waals surface area (Å²) in [6, 6.07) is 12.4. The van der Waals surface area contributed by atoms with E-state index in [2.05, 4.69) is 45.2 Å². The summed E-state index contributed by atoms with van der Waals surface area (Å²) in [5, 5.41) is 2.28. The van der Waals surface area contributed by atoms with Crippen molar-refractivity contribution < 1.29 is 9.47 Å². The Bertz CT molecular complexity index is 1090. The van der Waals surface area contributed by atoms with Gasteiger partial charge in [0.2, 0.25) is 0 Å². The molecule has 0 radical (unpaired) electrons. The molecule has 2 aliphatic heterocycles. The molecule has 0 unspecified atom stereocenters. The molecule has 0 aliphatic carbocycles. The van der Waals surface area contributed by atoms with Crippen LogP contribution in [0, 0.1) is 0 Å². The highest BCUT2D eigenvalue weighted by molar-refractivity contribution is 6.13. The van der Waals surface area contributed by atoms with Crippen LogP contribution in [-0.4, -0.2) is 47.7 Å². The molecule has 0 bridgehead atoms. The molecule has 6 heteroatoms. The molecule has 0 saturated heterocycles. The number of methoxy groups -OCH3 is 1. The van der Waals surface area contributed by atoms with Crippen molar-refractivity contribution in [2.75, 3.05) is 27.0 Å². The summed E-state index contributed by atoms with van der Waals surface area (Å²) in [6.45, 7) is 1.81. The summed E-state index contributed by atoms with van der Waals surface area (Å²) < 4.78 is 10.8. The SMILES string of the molecule is COCOc1cc(C2=Cc3ncncc3C3=NCCN23)c2ccccc2c1. The van der Waals surface area contributed by atoms with Crippen LogP contribution >= 0.6 is 0 Å². The number of fused-ring (bicyclic) bond motifs is 4. The average Bonchev–Trinajstić information content (AvgIpc) is 3.21. The second-order valence-corrected chi connectivity index (χ2v) is 6.45. The lowest BCUT2D eigenvalue weighted by Gasteiger charge is -2.29. The zero-order chi connectivity index (χ0) is 18.2. The predicted octanol–water partition coefficient (Wildman–Crippen LogP) is 3.19. The Hall–Kier alpha value is -3.25. The van der Waals surface area contributed by atoms with Crippen LogP contribution in [0.3, 0.4) is 0 Å². The molecule has 1 aromatic heterocycles. The van der Waals surface area contributed by atoms with Crippen molar-refractivity contribution in [2.45, 2.75) is 0 Å². The first kappa shape index (κ1) is 16.0.